The molecule has 222 valence electrons. The number of pyridine rings is 1. The zero-order chi connectivity index (χ0) is 30.2. The molecule has 0 N–H and O–H groups in total. The lowest BCUT2D eigenvalue weighted by molar-refractivity contribution is -0.156. The molecule has 1 aromatic carbocycles. The number of alkyl halides is 3. The Kier molecular flexibility index (Phi) is 7.51. The van der Waals surface area contributed by atoms with Gasteiger partial charge in [0.15, 0.2) is 0 Å². The fourth-order valence-corrected chi connectivity index (χ4v) is 4.35. The van der Waals surface area contributed by atoms with Crippen LogP contribution < -0.4 is 4.90 Å². The van der Waals surface area contributed by atoms with Crippen LogP contribution in [0.1, 0.15) is 32.4 Å². The molecule has 15 heteroatoms. The number of rotatable bonds is 4. The van der Waals surface area contributed by atoms with Crippen molar-refractivity contribution in [3.05, 3.63) is 66.2 Å². The second-order valence-corrected chi connectivity index (χ2v) is 10.6. The monoisotopic (exact) mass is 589 g/mol. The van der Waals surface area contributed by atoms with Gasteiger partial charge in [0, 0.05) is 49.8 Å². The average Bonchev–Trinajstić information content (AvgIpc) is 3.57. The van der Waals surface area contributed by atoms with Crippen molar-refractivity contribution in [2.45, 2.75) is 39.1 Å². The van der Waals surface area contributed by atoms with E-state index in [2.05, 4.69) is 15.2 Å². The quantitative estimate of drug-likeness (QED) is 0.300. The highest BCUT2D eigenvalue weighted by molar-refractivity contribution is 5.92. The smallest absolute Gasteiger partial charge is 0.444 e. The molecule has 1 aliphatic heterocycles. The van der Waals surface area contributed by atoms with E-state index >= 15 is 0 Å². The molecule has 3 aromatic heterocycles. The number of halogens is 4. The van der Waals surface area contributed by atoms with Crippen molar-refractivity contribution >= 4 is 23.5 Å². The topological polar surface area (TPSA) is 109 Å². The third-order valence-electron chi connectivity index (χ3n) is 6.30. The number of imidazole rings is 1. The highest BCUT2D eigenvalue weighted by atomic mass is 19.4. The number of ether oxygens (including phenoxy) is 1. The summed E-state index contributed by atoms with van der Waals surface area (Å²) < 4.78 is 64.6. The van der Waals surface area contributed by atoms with Gasteiger partial charge in [0.25, 0.3) is 0 Å². The Hall–Kier alpha value is -4.69. The molecule has 0 saturated carbocycles. The molecule has 5 rings (SSSR count). The van der Waals surface area contributed by atoms with Gasteiger partial charge in [-0.25, -0.2) is 19.0 Å². The molecule has 1 fully saturated rings. The number of piperazine rings is 1. The maximum Gasteiger partial charge on any atom is 0.470 e. The Bertz CT molecular complexity index is 1600. The molecule has 0 unspecified atom stereocenters. The maximum atomic E-state index is 14.2. The zero-order valence-electron chi connectivity index (χ0n) is 22.9. The predicted octanol–water partition coefficient (Wildman–Crippen LogP) is 5.22. The molecular weight excluding hydrogens is 562 g/mol. The van der Waals surface area contributed by atoms with Gasteiger partial charge in [0.1, 0.15) is 17.1 Å². The minimum atomic E-state index is -4.77. The van der Waals surface area contributed by atoms with E-state index < -0.39 is 35.6 Å². The normalized spacial score (nSPS) is 14.4. The maximum absolute atomic E-state index is 14.2. The van der Waals surface area contributed by atoms with E-state index in [9.17, 15) is 27.2 Å². The van der Waals surface area contributed by atoms with E-state index in [1.807, 2.05) is 0 Å². The van der Waals surface area contributed by atoms with Gasteiger partial charge < -0.3 is 23.4 Å². The molecule has 3 amide bonds. The summed E-state index contributed by atoms with van der Waals surface area (Å²) >= 11 is 0. The molecule has 0 radical (unpaired) electrons. The Balaban J connectivity index is 1.36. The van der Waals surface area contributed by atoms with Gasteiger partial charge in [-0.1, -0.05) is 6.07 Å². The number of anilines is 1. The Morgan fingerprint density at radius 3 is 2.38 bits per heavy atom. The molecular formula is C27H27F4N7O4. The highest BCUT2D eigenvalue weighted by Gasteiger charge is 2.38. The first-order chi connectivity index (χ1) is 19.8. The third kappa shape index (κ3) is 6.44. The van der Waals surface area contributed by atoms with Gasteiger partial charge in [0.05, 0.1) is 12.2 Å². The second-order valence-electron chi connectivity index (χ2n) is 10.6. The molecule has 11 nitrogen and oxygen atoms in total. The molecule has 4 heterocycles. The Labute approximate surface area is 237 Å². The summed E-state index contributed by atoms with van der Waals surface area (Å²) in [6, 6.07) is 8.14. The Morgan fingerprint density at radius 1 is 1.02 bits per heavy atom. The number of hydrogen-bond donors (Lipinski definition) is 0. The van der Waals surface area contributed by atoms with E-state index in [-0.39, 0.29) is 44.2 Å². The van der Waals surface area contributed by atoms with Gasteiger partial charge in [-0.3, -0.25) is 4.90 Å². The standard InChI is InChI=1S/C27H27F4N7O4/c1-26(2,3)42-25(40)36-11-9-35(10-12-36)24(39)38(20-6-4-5-18(28)14-20)16-19-15-37-8-7-17(13-21(37)32-19)22-33-34-23(41-22)27(29,30)31/h4-8,13-15H,9-12,16H2,1-3H3. The van der Waals surface area contributed by atoms with Crippen LogP contribution in [0.3, 0.4) is 0 Å². The summed E-state index contributed by atoms with van der Waals surface area (Å²) in [6.07, 6.45) is -2.03. The van der Waals surface area contributed by atoms with Crippen molar-refractivity contribution in [2.24, 2.45) is 0 Å². The first kappa shape index (κ1) is 28.8. The van der Waals surface area contributed by atoms with Crippen LogP contribution in [0.2, 0.25) is 0 Å². The van der Waals surface area contributed by atoms with E-state index in [1.54, 1.807) is 48.5 Å². The SMILES string of the molecule is CC(C)(C)OC(=O)N1CCN(C(=O)N(Cc2cn3ccc(-c4nnc(C(F)(F)F)o4)cc3n2)c2cccc(F)c2)CC1. The highest BCUT2D eigenvalue weighted by Crippen LogP contribution is 2.30. The molecule has 0 aliphatic carbocycles. The number of carbonyl (C=O) groups excluding carboxylic acids is 2. The van der Waals surface area contributed by atoms with Crippen LogP contribution in [0.5, 0.6) is 0 Å². The van der Waals surface area contributed by atoms with Crippen molar-refractivity contribution in [2.75, 3.05) is 31.1 Å². The largest absolute Gasteiger partial charge is 0.470 e. The lowest BCUT2D eigenvalue weighted by Crippen LogP contribution is -2.54. The second kappa shape index (κ2) is 10.9. The minimum Gasteiger partial charge on any atom is -0.444 e. The van der Waals surface area contributed by atoms with Gasteiger partial charge in [-0.05, 0) is 51.1 Å². The van der Waals surface area contributed by atoms with Crippen LogP contribution in [0, 0.1) is 5.82 Å². The van der Waals surface area contributed by atoms with Gasteiger partial charge >= 0.3 is 24.2 Å². The van der Waals surface area contributed by atoms with E-state index in [0.29, 0.717) is 17.0 Å². The van der Waals surface area contributed by atoms with E-state index in [1.165, 1.54) is 40.1 Å². The van der Waals surface area contributed by atoms with Gasteiger partial charge in [0.2, 0.25) is 5.89 Å². The summed E-state index contributed by atoms with van der Waals surface area (Å²) in [4.78, 5) is 35.1. The lowest BCUT2D eigenvalue weighted by Gasteiger charge is -2.37. The van der Waals surface area contributed by atoms with E-state index in [0.717, 1.165) is 0 Å². The molecule has 42 heavy (non-hydrogen) atoms. The summed E-state index contributed by atoms with van der Waals surface area (Å²) in [7, 11) is 0. The molecule has 1 saturated heterocycles. The van der Waals surface area contributed by atoms with Gasteiger partial charge in [-0.15, -0.1) is 10.2 Å². The van der Waals surface area contributed by atoms with Crippen LogP contribution in [0.15, 0.2) is 53.2 Å². The summed E-state index contributed by atoms with van der Waals surface area (Å²) in [6.45, 7) is 6.29. The van der Waals surface area contributed by atoms with Crippen LogP contribution in [-0.4, -0.2) is 73.3 Å². The van der Waals surface area contributed by atoms with Crippen molar-refractivity contribution in [3.63, 3.8) is 0 Å². The first-order valence-electron chi connectivity index (χ1n) is 13.0. The molecule has 4 aromatic rings. The number of urea groups is 1. The average molecular weight is 590 g/mol. The number of amides is 3. The van der Waals surface area contributed by atoms with Crippen LogP contribution >= 0.6 is 0 Å². The Morgan fingerprint density at radius 2 is 1.74 bits per heavy atom. The molecule has 0 spiro atoms. The molecule has 0 bridgehead atoms. The van der Waals surface area contributed by atoms with Gasteiger partial charge in [-0.2, -0.15) is 13.2 Å². The first-order valence-corrected chi connectivity index (χ1v) is 13.0. The number of fused-ring (bicyclic) bond motifs is 1. The number of nitrogens with zero attached hydrogens (tertiary/aromatic N) is 7. The van der Waals surface area contributed by atoms with Crippen molar-refractivity contribution in [1.82, 2.24) is 29.4 Å². The minimum absolute atomic E-state index is 0.0373. The van der Waals surface area contributed by atoms with Crippen LogP contribution in [0.4, 0.5) is 32.8 Å². The summed E-state index contributed by atoms with van der Waals surface area (Å²) in [5.74, 6) is -2.31. The number of benzene rings is 1. The van der Waals surface area contributed by atoms with E-state index in [4.69, 9.17) is 9.15 Å². The summed E-state index contributed by atoms with van der Waals surface area (Å²) in [5.41, 5.74) is 0.664. The number of hydrogen-bond acceptors (Lipinski definition) is 7. The zero-order valence-corrected chi connectivity index (χ0v) is 22.9. The molecule has 0 atom stereocenters. The third-order valence-corrected chi connectivity index (χ3v) is 6.30. The van der Waals surface area contributed by atoms with Crippen LogP contribution in [-0.2, 0) is 17.5 Å². The van der Waals surface area contributed by atoms with Crippen molar-refractivity contribution < 1.29 is 36.3 Å². The fourth-order valence-electron chi connectivity index (χ4n) is 4.35. The summed E-state index contributed by atoms with van der Waals surface area (Å²) in [5, 5.41) is 6.52. The number of aromatic nitrogens is 4. The lowest BCUT2D eigenvalue weighted by atomic mass is 10.2. The number of carbonyl (C=O) groups is 2. The fraction of sp³-hybridized carbons (Fsp3) is 0.370. The molecule has 1 aliphatic rings. The van der Waals surface area contributed by atoms with Crippen LogP contribution in [0.25, 0.3) is 17.1 Å². The van der Waals surface area contributed by atoms with Crippen molar-refractivity contribution in [1.29, 1.82) is 0 Å². The predicted molar refractivity (Wildman–Crippen MR) is 141 cm³/mol. The van der Waals surface area contributed by atoms with Crippen molar-refractivity contribution in [3.8, 4) is 11.5 Å².